The van der Waals surface area contributed by atoms with E-state index in [0.29, 0.717) is 18.9 Å². The number of hydrogen-bond acceptors (Lipinski definition) is 3. The summed E-state index contributed by atoms with van der Waals surface area (Å²) in [6.45, 7) is 4.59. The second kappa shape index (κ2) is 7.04. The van der Waals surface area contributed by atoms with Crippen LogP contribution in [0.15, 0.2) is 42.7 Å². The Morgan fingerprint density at radius 2 is 2.05 bits per heavy atom. The third-order valence-electron chi connectivity index (χ3n) is 3.26. The van der Waals surface area contributed by atoms with Crippen molar-refractivity contribution in [1.29, 1.82) is 0 Å². The summed E-state index contributed by atoms with van der Waals surface area (Å²) in [4.78, 5) is 11.2. The Labute approximate surface area is 124 Å². The number of aliphatic carboxylic acids is 1. The maximum absolute atomic E-state index is 11.2. The summed E-state index contributed by atoms with van der Waals surface area (Å²) in [5.74, 6) is -0.447. The fraction of sp³-hybridized carbons (Fsp3) is 0.375. The SMILES string of the molecule is CC(C)CC(NCc1ccc(-n2cccn2)cc1)C(=O)O. The molecule has 0 radical (unpaired) electrons. The molecule has 0 bridgehead atoms. The highest BCUT2D eigenvalue weighted by Gasteiger charge is 2.17. The Balaban J connectivity index is 1.95. The van der Waals surface area contributed by atoms with E-state index in [9.17, 15) is 9.90 Å². The maximum Gasteiger partial charge on any atom is 0.320 e. The van der Waals surface area contributed by atoms with Gasteiger partial charge in [0.2, 0.25) is 0 Å². The molecule has 112 valence electrons. The quantitative estimate of drug-likeness (QED) is 0.821. The highest BCUT2D eigenvalue weighted by atomic mass is 16.4. The zero-order chi connectivity index (χ0) is 15.2. The number of hydrogen-bond donors (Lipinski definition) is 2. The summed E-state index contributed by atoms with van der Waals surface area (Å²) in [5, 5.41) is 16.5. The molecular weight excluding hydrogens is 266 g/mol. The van der Waals surface area contributed by atoms with Crippen LogP contribution in [0.1, 0.15) is 25.8 Å². The lowest BCUT2D eigenvalue weighted by molar-refractivity contribution is -0.140. The third kappa shape index (κ3) is 4.43. The van der Waals surface area contributed by atoms with Crippen molar-refractivity contribution in [2.45, 2.75) is 32.9 Å². The van der Waals surface area contributed by atoms with E-state index >= 15 is 0 Å². The monoisotopic (exact) mass is 287 g/mol. The molecule has 0 fully saturated rings. The van der Waals surface area contributed by atoms with Gasteiger partial charge in [0.15, 0.2) is 0 Å². The molecular formula is C16H21N3O2. The highest BCUT2D eigenvalue weighted by molar-refractivity contribution is 5.73. The third-order valence-corrected chi connectivity index (χ3v) is 3.26. The molecule has 0 amide bonds. The van der Waals surface area contributed by atoms with Crippen molar-refractivity contribution in [2.75, 3.05) is 0 Å². The second-order valence-electron chi connectivity index (χ2n) is 5.52. The van der Waals surface area contributed by atoms with Gasteiger partial charge in [0.1, 0.15) is 6.04 Å². The molecule has 1 unspecified atom stereocenters. The van der Waals surface area contributed by atoms with Gasteiger partial charge in [0.25, 0.3) is 0 Å². The van der Waals surface area contributed by atoms with E-state index in [0.717, 1.165) is 11.3 Å². The van der Waals surface area contributed by atoms with Crippen LogP contribution >= 0.6 is 0 Å². The highest BCUT2D eigenvalue weighted by Crippen LogP contribution is 2.10. The predicted molar refractivity (Wildman–Crippen MR) is 81.3 cm³/mol. The molecule has 0 aliphatic rings. The molecule has 0 aliphatic carbocycles. The van der Waals surface area contributed by atoms with Gasteiger partial charge in [-0.3, -0.25) is 4.79 Å². The average Bonchev–Trinajstić information content (AvgIpc) is 2.97. The summed E-state index contributed by atoms with van der Waals surface area (Å²) in [5.41, 5.74) is 2.04. The van der Waals surface area contributed by atoms with Crippen LogP contribution < -0.4 is 5.32 Å². The lowest BCUT2D eigenvalue weighted by atomic mass is 10.0. The van der Waals surface area contributed by atoms with Gasteiger partial charge in [-0.1, -0.05) is 26.0 Å². The van der Waals surface area contributed by atoms with E-state index in [1.54, 1.807) is 10.9 Å². The van der Waals surface area contributed by atoms with Crippen LogP contribution in [0.5, 0.6) is 0 Å². The zero-order valence-electron chi connectivity index (χ0n) is 12.4. The van der Waals surface area contributed by atoms with Crippen LogP contribution in [-0.4, -0.2) is 26.9 Å². The Bertz CT molecular complexity index is 562. The molecule has 0 saturated heterocycles. The van der Waals surface area contributed by atoms with E-state index in [1.165, 1.54) is 0 Å². The van der Waals surface area contributed by atoms with Gasteiger partial charge in [-0.25, -0.2) is 4.68 Å². The van der Waals surface area contributed by atoms with Crippen LogP contribution in [0.2, 0.25) is 0 Å². The van der Waals surface area contributed by atoms with Crippen molar-refractivity contribution in [3.63, 3.8) is 0 Å². The summed E-state index contributed by atoms with van der Waals surface area (Å²) in [7, 11) is 0. The molecule has 2 N–H and O–H groups in total. The standard InChI is InChI=1S/C16H21N3O2/c1-12(2)10-15(16(20)21)17-11-13-4-6-14(7-5-13)19-9-3-8-18-19/h3-9,12,15,17H,10-11H2,1-2H3,(H,20,21). The molecule has 2 aromatic rings. The van der Waals surface area contributed by atoms with E-state index in [-0.39, 0.29) is 0 Å². The fourth-order valence-electron chi connectivity index (χ4n) is 2.17. The molecule has 1 aromatic heterocycles. The molecule has 1 aromatic carbocycles. The van der Waals surface area contributed by atoms with Crippen molar-refractivity contribution in [3.8, 4) is 5.69 Å². The topological polar surface area (TPSA) is 67.2 Å². The molecule has 21 heavy (non-hydrogen) atoms. The van der Waals surface area contributed by atoms with E-state index in [2.05, 4.69) is 10.4 Å². The number of benzene rings is 1. The number of nitrogens with one attached hydrogen (secondary N) is 1. The maximum atomic E-state index is 11.2. The van der Waals surface area contributed by atoms with Crippen LogP contribution in [0.25, 0.3) is 5.69 Å². The molecule has 2 rings (SSSR count). The Morgan fingerprint density at radius 1 is 1.33 bits per heavy atom. The van der Waals surface area contributed by atoms with Gasteiger partial charge >= 0.3 is 5.97 Å². The first kappa shape index (κ1) is 15.3. The van der Waals surface area contributed by atoms with Gasteiger partial charge < -0.3 is 10.4 Å². The van der Waals surface area contributed by atoms with Crippen LogP contribution in [0.3, 0.4) is 0 Å². The molecule has 0 aliphatic heterocycles. The minimum absolute atomic E-state index is 0.348. The minimum atomic E-state index is -0.795. The van der Waals surface area contributed by atoms with E-state index in [4.69, 9.17) is 0 Å². The van der Waals surface area contributed by atoms with Gasteiger partial charge in [0, 0.05) is 18.9 Å². The van der Waals surface area contributed by atoms with Crippen molar-refractivity contribution in [1.82, 2.24) is 15.1 Å². The zero-order valence-corrected chi connectivity index (χ0v) is 12.4. The summed E-state index contributed by atoms with van der Waals surface area (Å²) < 4.78 is 1.79. The first-order valence-corrected chi connectivity index (χ1v) is 7.11. The first-order chi connectivity index (χ1) is 10.1. The van der Waals surface area contributed by atoms with Gasteiger partial charge in [-0.05, 0) is 36.1 Å². The first-order valence-electron chi connectivity index (χ1n) is 7.11. The summed E-state index contributed by atoms with van der Waals surface area (Å²) in [6, 6.07) is 9.29. The van der Waals surface area contributed by atoms with Crippen LogP contribution in [0.4, 0.5) is 0 Å². The molecule has 5 nitrogen and oxygen atoms in total. The van der Waals surface area contributed by atoms with Crippen molar-refractivity contribution in [3.05, 3.63) is 48.3 Å². The van der Waals surface area contributed by atoms with Gasteiger partial charge in [0.05, 0.1) is 5.69 Å². The van der Waals surface area contributed by atoms with E-state index in [1.807, 2.05) is 50.4 Å². The van der Waals surface area contributed by atoms with Crippen LogP contribution in [0, 0.1) is 5.92 Å². The van der Waals surface area contributed by atoms with Crippen LogP contribution in [-0.2, 0) is 11.3 Å². The second-order valence-corrected chi connectivity index (χ2v) is 5.52. The number of carbonyl (C=O) groups is 1. The predicted octanol–water partition coefficient (Wildman–Crippen LogP) is 2.46. The number of aromatic nitrogens is 2. The molecule has 1 atom stereocenters. The molecule has 5 heteroatoms. The number of carboxylic acid groups (broad SMARTS) is 1. The lowest BCUT2D eigenvalue weighted by Gasteiger charge is -2.16. The Kier molecular flexibility index (Phi) is 5.11. The van der Waals surface area contributed by atoms with E-state index < -0.39 is 12.0 Å². The molecule has 0 spiro atoms. The summed E-state index contributed by atoms with van der Waals surface area (Å²) >= 11 is 0. The Morgan fingerprint density at radius 3 is 2.57 bits per heavy atom. The Hall–Kier alpha value is -2.14. The average molecular weight is 287 g/mol. The fourth-order valence-corrected chi connectivity index (χ4v) is 2.17. The van der Waals surface area contributed by atoms with Crippen molar-refractivity contribution < 1.29 is 9.90 Å². The summed E-state index contributed by atoms with van der Waals surface area (Å²) in [6.07, 6.45) is 4.25. The molecule has 0 saturated carbocycles. The minimum Gasteiger partial charge on any atom is -0.480 e. The number of nitrogens with zero attached hydrogens (tertiary/aromatic N) is 2. The number of carboxylic acids is 1. The van der Waals surface area contributed by atoms with Gasteiger partial charge in [-0.2, -0.15) is 5.10 Å². The van der Waals surface area contributed by atoms with Crippen molar-refractivity contribution >= 4 is 5.97 Å². The smallest absolute Gasteiger partial charge is 0.320 e. The number of rotatable bonds is 7. The van der Waals surface area contributed by atoms with Crippen molar-refractivity contribution in [2.24, 2.45) is 5.92 Å². The van der Waals surface area contributed by atoms with Gasteiger partial charge in [-0.15, -0.1) is 0 Å². The lowest BCUT2D eigenvalue weighted by Crippen LogP contribution is -2.37. The largest absolute Gasteiger partial charge is 0.480 e. The normalized spacial score (nSPS) is 12.5. The molecule has 1 heterocycles.